The number of alkyl halides is 1. The normalized spacial score (nSPS) is 19.7. The van der Waals surface area contributed by atoms with Crippen molar-refractivity contribution in [1.82, 2.24) is 19.5 Å². The first-order chi connectivity index (χ1) is 24.5. The minimum Gasteiger partial charge on any atom is -0.497 e. The number of nitrogens with zero attached hydrogens (tertiary/aromatic N) is 3. The number of methoxy groups -OCH3 is 2. The summed E-state index contributed by atoms with van der Waals surface area (Å²) in [6.45, 7) is 3.00. The number of hydrogen-bond acceptors (Lipinski definition) is 10. The van der Waals surface area contributed by atoms with Gasteiger partial charge in [-0.15, -0.1) is 0 Å². The van der Waals surface area contributed by atoms with Crippen LogP contribution in [0.2, 0.25) is 0 Å². The fourth-order valence-corrected chi connectivity index (χ4v) is 6.54. The van der Waals surface area contributed by atoms with E-state index in [0.717, 1.165) is 5.56 Å². The van der Waals surface area contributed by atoms with Crippen molar-refractivity contribution in [3.63, 3.8) is 0 Å². The fraction of sp³-hybridized carbons (Fsp3) is 0.314. The lowest BCUT2D eigenvalue weighted by molar-refractivity contribution is -0.118. The Morgan fingerprint density at radius 2 is 1.61 bits per heavy atom. The number of rotatable bonds is 13. The van der Waals surface area contributed by atoms with Crippen LogP contribution in [0.15, 0.2) is 90.0 Å². The zero-order chi connectivity index (χ0) is 36.3. The first-order valence-corrected chi connectivity index (χ1v) is 17.3. The first kappa shape index (κ1) is 35.9. The van der Waals surface area contributed by atoms with Gasteiger partial charge in [0.1, 0.15) is 29.3 Å². The second-order valence-electron chi connectivity index (χ2n) is 12.1. The molecule has 5 atom stereocenters. The van der Waals surface area contributed by atoms with Crippen molar-refractivity contribution in [2.75, 3.05) is 26.1 Å². The van der Waals surface area contributed by atoms with E-state index in [-0.39, 0.29) is 23.7 Å². The van der Waals surface area contributed by atoms with E-state index in [4.69, 9.17) is 23.5 Å². The molecular formula is C35H37FN5O9P. The van der Waals surface area contributed by atoms with Crippen molar-refractivity contribution >= 4 is 31.3 Å². The molecule has 6 rings (SSSR count). The zero-order valence-electron chi connectivity index (χ0n) is 28.1. The van der Waals surface area contributed by atoms with Crippen molar-refractivity contribution in [1.29, 1.82) is 0 Å². The minimum absolute atomic E-state index is 0.0856. The van der Waals surface area contributed by atoms with Crippen molar-refractivity contribution < 1.29 is 42.1 Å². The molecule has 3 heterocycles. The molecule has 0 spiro atoms. The van der Waals surface area contributed by atoms with Crippen LogP contribution in [-0.2, 0) is 29.0 Å². The van der Waals surface area contributed by atoms with Gasteiger partial charge in [-0.2, -0.15) is 4.98 Å². The highest BCUT2D eigenvalue weighted by atomic mass is 31.1. The van der Waals surface area contributed by atoms with Crippen LogP contribution in [-0.4, -0.2) is 69.5 Å². The summed E-state index contributed by atoms with van der Waals surface area (Å²) >= 11 is 0. The summed E-state index contributed by atoms with van der Waals surface area (Å²) in [5, 5.41) is 2.52. The van der Waals surface area contributed by atoms with E-state index < -0.39 is 55.8 Å². The Labute approximate surface area is 292 Å². The number of nitrogens with one attached hydrogen (secondary N) is 2. The maximum absolute atomic E-state index is 16.4. The largest absolute Gasteiger partial charge is 0.497 e. The lowest BCUT2D eigenvalue weighted by atomic mass is 9.80. The molecule has 0 radical (unpaired) electrons. The highest BCUT2D eigenvalue weighted by molar-refractivity contribution is 7.32. The van der Waals surface area contributed by atoms with E-state index in [1.165, 1.54) is 10.9 Å². The number of ether oxygens (including phenoxy) is 4. The molecule has 16 heteroatoms. The quantitative estimate of drug-likeness (QED) is 0.113. The lowest BCUT2D eigenvalue weighted by Gasteiger charge is -2.37. The van der Waals surface area contributed by atoms with Gasteiger partial charge in [0.15, 0.2) is 23.6 Å². The number of aromatic nitrogens is 4. The van der Waals surface area contributed by atoms with Gasteiger partial charge in [0.05, 0.1) is 27.2 Å². The van der Waals surface area contributed by atoms with Gasteiger partial charge < -0.3 is 28.4 Å². The van der Waals surface area contributed by atoms with E-state index >= 15 is 4.39 Å². The number of carbonyl (C=O) groups is 1. The van der Waals surface area contributed by atoms with Gasteiger partial charge in [-0.05, 0) is 41.0 Å². The predicted molar refractivity (Wildman–Crippen MR) is 185 cm³/mol. The average Bonchev–Trinajstić information content (AvgIpc) is 3.69. The number of carbonyl (C=O) groups excluding carboxylic acids is 1. The molecule has 0 bridgehead atoms. The highest BCUT2D eigenvalue weighted by Gasteiger charge is 2.50. The molecule has 1 saturated heterocycles. The summed E-state index contributed by atoms with van der Waals surface area (Å²) in [5.41, 5.74) is -0.104. The molecule has 0 aliphatic carbocycles. The van der Waals surface area contributed by atoms with Crippen LogP contribution in [0.1, 0.15) is 36.8 Å². The van der Waals surface area contributed by atoms with Crippen LogP contribution in [0, 0.1) is 5.92 Å². The topological polar surface area (TPSA) is 176 Å². The SMILES string of the molecule is COc1ccc(C(OC[C@H]2O[C@@H](n3cnc4c(=O)[nH]c(NC(=O)C(C)C)nc43)[C@H](F)[C@@H]2O[PH](=O)O)(c2ccccc2)c2ccc(OC)cc2)cc1. The molecule has 14 nitrogen and oxygen atoms in total. The number of imidazole rings is 1. The van der Waals surface area contributed by atoms with Gasteiger partial charge in [0.2, 0.25) is 11.9 Å². The third kappa shape index (κ3) is 7.16. The van der Waals surface area contributed by atoms with E-state index in [2.05, 4.69) is 20.3 Å². The lowest BCUT2D eigenvalue weighted by Crippen LogP contribution is -2.39. The van der Waals surface area contributed by atoms with Gasteiger partial charge in [-0.1, -0.05) is 68.4 Å². The number of halogens is 1. The molecule has 5 aromatic rings. The van der Waals surface area contributed by atoms with Crippen LogP contribution >= 0.6 is 8.25 Å². The molecule has 268 valence electrons. The Balaban J connectivity index is 1.41. The molecule has 1 fully saturated rings. The van der Waals surface area contributed by atoms with Crippen LogP contribution in [0.25, 0.3) is 11.2 Å². The van der Waals surface area contributed by atoms with Crippen molar-refractivity contribution in [2.24, 2.45) is 5.92 Å². The molecule has 3 aromatic carbocycles. The van der Waals surface area contributed by atoms with Crippen molar-refractivity contribution in [3.8, 4) is 11.5 Å². The number of aromatic amines is 1. The van der Waals surface area contributed by atoms with Crippen molar-refractivity contribution in [2.45, 2.75) is 44.1 Å². The number of H-pyrrole nitrogens is 1. The smallest absolute Gasteiger partial charge is 0.317 e. The number of benzene rings is 3. The first-order valence-electron chi connectivity index (χ1n) is 16.0. The van der Waals surface area contributed by atoms with E-state index in [1.807, 2.05) is 54.6 Å². The Hall–Kier alpha value is -4.92. The molecule has 1 aliphatic heterocycles. The minimum atomic E-state index is -3.67. The van der Waals surface area contributed by atoms with Crippen LogP contribution < -0.4 is 20.3 Å². The third-order valence-electron chi connectivity index (χ3n) is 8.61. The number of anilines is 1. The molecule has 3 N–H and O–H groups in total. The molecule has 1 unspecified atom stereocenters. The summed E-state index contributed by atoms with van der Waals surface area (Å²) in [4.78, 5) is 45.9. The van der Waals surface area contributed by atoms with E-state index in [9.17, 15) is 19.0 Å². The predicted octanol–water partition coefficient (Wildman–Crippen LogP) is 4.74. The number of hydrogen-bond donors (Lipinski definition) is 3. The highest BCUT2D eigenvalue weighted by Crippen LogP contribution is 2.44. The third-order valence-corrected chi connectivity index (χ3v) is 9.09. The van der Waals surface area contributed by atoms with Gasteiger partial charge >= 0.3 is 8.25 Å². The summed E-state index contributed by atoms with van der Waals surface area (Å²) in [6.07, 6.45) is -5.20. The van der Waals surface area contributed by atoms with Crippen LogP contribution in [0.3, 0.4) is 0 Å². The molecule has 1 amide bonds. The van der Waals surface area contributed by atoms with Crippen LogP contribution in [0.5, 0.6) is 11.5 Å². The Morgan fingerprint density at radius 3 is 2.16 bits per heavy atom. The zero-order valence-corrected chi connectivity index (χ0v) is 29.1. The van der Waals surface area contributed by atoms with Gasteiger partial charge in [0, 0.05) is 5.92 Å². The summed E-state index contributed by atoms with van der Waals surface area (Å²) < 4.78 is 58.8. The monoisotopic (exact) mass is 721 g/mol. The maximum atomic E-state index is 16.4. The van der Waals surface area contributed by atoms with Gasteiger partial charge in [0.25, 0.3) is 5.56 Å². The molecule has 2 aromatic heterocycles. The summed E-state index contributed by atoms with van der Waals surface area (Å²) in [7, 11) is -0.548. The second-order valence-corrected chi connectivity index (χ2v) is 12.8. The van der Waals surface area contributed by atoms with Crippen LogP contribution in [0.4, 0.5) is 10.3 Å². The Bertz CT molecular complexity index is 2010. The standard InChI is InChI=1S/C35H37FN5O9P/c1-20(2)31(42)39-34-38-30-28(32(43)40-34)37-19-41(30)33-27(36)29(50-51(44)45)26(49-33)18-48-35(21-8-6-5-7-9-21,22-10-14-24(46-3)15-11-22)23-12-16-25(47-4)17-13-23/h5-17,19-20,26-27,29,33,51H,18H2,1-4H3,(H,44,45)(H2,38,39,40,42,43)/t26-,27-,29-,33-/m1/s1. The Morgan fingerprint density at radius 1 is 1.02 bits per heavy atom. The fourth-order valence-electron chi connectivity index (χ4n) is 6.02. The van der Waals surface area contributed by atoms with Gasteiger partial charge in [-0.3, -0.25) is 29.0 Å². The summed E-state index contributed by atoms with van der Waals surface area (Å²) in [5.74, 6) is 0.250. The maximum Gasteiger partial charge on any atom is 0.317 e. The molecular weight excluding hydrogens is 684 g/mol. The molecule has 0 saturated carbocycles. The van der Waals surface area contributed by atoms with E-state index in [1.54, 1.807) is 52.3 Å². The molecule has 1 aliphatic rings. The summed E-state index contributed by atoms with van der Waals surface area (Å²) in [6, 6.07) is 23.9. The Kier molecular flexibility index (Phi) is 10.6. The average molecular weight is 722 g/mol. The van der Waals surface area contributed by atoms with E-state index in [0.29, 0.717) is 22.6 Å². The second kappa shape index (κ2) is 15.1. The van der Waals surface area contributed by atoms with Gasteiger partial charge in [-0.25, -0.2) is 9.37 Å². The van der Waals surface area contributed by atoms with Crippen molar-refractivity contribution in [3.05, 3.63) is 112 Å². The molecule has 51 heavy (non-hydrogen) atoms. The number of fused-ring (bicyclic) bond motifs is 1. The number of amides is 1.